The van der Waals surface area contributed by atoms with Crippen LogP contribution in [0.2, 0.25) is 0 Å². The molecule has 4 rings (SSSR count). The van der Waals surface area contributed by atoms with Crippen molar-refractivity contribution in [3.8, 4) is 0 Å². The highest BCUT2D eigenvalue weighted by atomic mass is 16.6. The van der Waals surface area contributed by atoms with Gasteiger partial charge in [0.1, 0.15) is 0 Å². The Morgan fingerprint density at radius 2 is 1.25 bits per heavy atom. The molecule has 2 bridgehead atoms. The molecule has 0 radical (unpaired) electrons. The predicted octanol–water partition coefficient (Wildman–Crippen LogP) is 11.0. The maximum Gasteiger partial charge on any atom is 0.313 e. The Balaban J connectivity index is 1.19. The van der Waals surface area contributed by atoms with Crippen molar-refractivity contribution in [2.45, 2.75) is 200 Å². The molecular formula is C44H77N3O5. The predicted molar refractivity (Wildman–Crippen MR) is 211 cm³/mol. The normalized spacial score (nSPS) is 17.7. The van der Waals surface area contributed by atoms with E-state index < -0.39 is 0 Å². The zero-order valence-electron chi connectivity index (χ0n) is 33.6. The summed E-state index contributed by atoms with van der Waals surface area (Å²) in [5.41, 5.74) is 0.191. The molecule has 8 nitrogen and oxygen atoms in total. The van der Waals surface area contributed by atoms with Gasteiger partial charge in [-0.2, -0.15) is 0 Å². The van der Waals surface area contributed by atoms with Crippen LogP contribution in [-0.2, 0) is 30.4 Å². The van der Waals surface area contributed by atoms with Crippen LogP contribution >= 0.6 is 0 Å². The molecule has 0 amide bonds. The molecule has 52 heavy (non-hydrogen) atoms. The number of unbranched alkanes of at least 4 members (excludes halogenated alkanes) is 14. The van der Waals surface area contributed by atoms with Crippen molar-refractivity contribution in [3.63, 3.8) is 0 Å². The summed E-state index contributed by atoms with van der Waals surface area (Å²) in [7, 11) is 0. The number of hydrogen-bond acceptors (Lipinski definition) is 7. The molecule has 0 unspecified atom stereocenters. The maximum atomic E-state index is 12.4. The zero-order valence-corrected chi connectivity index (χ0v) is 33.6. The van der Waals surface area contributed by atoms with Crippen LogP contribution in [0.5, 0.6) is 0 Å². The molecule has 1 aromatic rings. The van der Waals surface area contributed by atoms with Crippen LogP contribution in [-0.4, -0.2) is 58.6 Å². The Hall–Kier alpha value is -2.22. The summed E-state index contributed by atoms with van der Waals surface area (Å²) in [6.07, 6.45) is 36.6. The molecule has 1 heterocycles. The maximum absolute atomic E-state index is 12.4. The number of aromatic nitrogens is 2. The molecule has 298 valence electrons. The average Bonchev–Trinajstić information content (AvgIpc) is 3.61. The molecule has 1 aromatic heterocycles. The molecule has 0 aromatic carbocycles. The van der Waals surface area contributed by atoms with Gasteiger partial charge in [0.2, 0.25) is 0 Å². The Bertz CT molecular complexity index is 1050. The number of carbonyl (C=O) groups excluding carboxylic acids is 3. The number of esters is 3. The van der Waals surface area contributed by atoms with Crippen LogP contribution in [0.1, 0.15) is 194 Å². The van der Waals surface area contributed by atoms with Crippen LogP contribution in [0, 0.1) is 17.3 Å². The third-order valence-electron chi connectivity index (χ3n) is 11.8. The van der Waals surface area contributed by atoms with Crippen molar-refractivity contribution in [2.75, 3.05) is 26.2 Å². The van der Waals surface area contributed by atoms with Gasteiger partial charge in [0, 0.05) is 31.8 Å². The summed E-state index contributed by atoms with van der Waals surface area (Å²) in [6, 6.07) is 0. The summed E-state index contributed by atoms with van der Waals surface area (Å²) in [5.74, 6) is 0.872. The molecule has 3 aliphatic carbocycles. The lowest BCUT2D eigenvalue weighted by Gasteiger charge is -2.61. The fourth-order valence-corrected chi connectivity index (χ4v) is 8.46. The van der Waals surface area contributed by atoms with Crippen molar-refractivity contribution in [2.24, 2.45) is 17.3 Å². The summed E-state index contributed by atoms with van der Waals surface area (Å²) in [5, 5.41) is 0. The smallest absolute Gasteiger partial charge is 0.313 e. The van der Waals surface area contributed by atoms with Crippen LogP contribution < -0.4 is 0 Å². The minimum Gasteiger partial charge on any atom is -0.466 e. The standard InChI is InChI=1S/C44H77N3O5/c1-3-5-7-15-22-39(23-16-8-6-4-2)26-33-51-41(48)24-17-11-9-13-19-28-46(30-21-31-47-32-27-45-38-47)29-20-14-10-12-18-25-42(49)52-43(50)37-44-34-40(35-44)36-44/h27,32,38-40H,3-26,28-31,33-37H2,1-2H3. The second-order valence-electron chi connectivity index (χ2n) is 16.6. The van der Waals surface area contributed by atoms with Gasteiger partial charge in [-0.1, -0.05) is 117 Å². The first-order valence-electron chi connectivity index (χ1n) is 22.0. The van der Waals surface area contributed by atoms with E-state index in [1.807, 2.05) is 18.7 Å². The monoisotopic (exact) mass is 728 g/mol. The van der Waals surface area contributed by atoms with Crippen LogP contribution in [0.4, 0.5) is 0 Å². The van der Waals surface area contributed by atoms with Gasteiger partial charge in [0.15, 0.2) is 0 Å². The highest BCUT2D eigenvalue weighted by molar-refractivity contribution is 5.85. The number of carbonyl (C=O) groups is 3. The largest absolute Gasteiger partial charge is 0.466 e. The van der Waals surface area contributed by atoms with Gasteiger partial charge in [0.05, 0.1) is 19.4 Å². The summed E-state index contributed by atoms with van der Waals surface area (Å²) in [6.45, 7) is 9.43. The molecule has 0 aliphatic heterocycles. The van der Waals surface area contributed by atoms with Crippen molar-refractivity contribution < 1.29 is 23.9 Å². The second-order valence-corrected chi connectivity index (χ2v) is 16.6. The van der Waals surface area contributed by atoms with Crippen molar-refractivity contribution in [1.29, 1.82) is 0 Å². The van der Waals surface area contributed by atoms with Gasteiger partial charge < -0.3 is 18.9 Å². The third kappa shape index (κ3) is 19.7. The summed E-state index contributed by atoms with van der Waals surface area (Å²) >= 11 is 0. The van der Waals surface area contributed by atoms with E-state index in [0.29, 0.717) is 31.8 Å². The third-order valence-corrected chi connectivity index (χ3v) is 11.8. The molecule has 3 saturated carbocycles. The van der Waals surface area contributed by atoms with E-state index in [4.69, 9.17) is 9.47 Å². The zero-order chi connectivity index (χ0) is 37.1. The topological polar surface area (TPSA) is 90.7 Å². The molecule has 3 aliphatic rings. The van der Waals surface area contributed by atoms with Crippen LogP contribution in [0.15, 0.2) is 18.7 Å². The first-order valence-corrected chi connectivity index (χ1v) is 22.0. The molecule has 0 spiro atoms. The van der Waals surface area contributed by atoms with E-state index >= 15 is 0 Å². The van der Waals surface area contributed by atoms with E-state index in [-0.39, 0.29) is 23.3 Å². The number of aryl methyl sites for hydroxylation is 1. The number of ether oxygens (including phenoxy) is 2. The lowest BCUT2D eigenvalue weighted by molar-refractivity contribution is -0.171. The van der Waals surface area contributed by atoms with Gasteiger partial charge in [-0.15, -0.1) is 0 Å². The molecular weight excluding hydrogens is 650 g/mol. The van der Waals surface area contributed by atoms with E-state index in [1.54, 1.807) is 0 Å². The Labute approximate surface area is 317 Å². The molecule has 0 saturated heterocycles. The molecule has 3 fully saturated rings. The van der Waals surface area contributed by atoms with Gasteiger partial charge in [0.25, 0.3) is 0 Å². The van der Waals surface area contributed by atoms with Gasteiger partial charge >= 0.3 is 17.9 Å². The molecule has 8 heteroatoms. The SMILES string of the molecule is CCCCCCC(CCCCCC)CCOC(=O)CCCCCCCN(CCCCCCCC(=O)OC(=O)CC12CC(C1)C2)CCCn1ccnc1. The second kappa shape index (κ2) is 27.4. The summed E-state index contributed by atoms with van der Waals surface area (Å²) < 4.78 is 12.9. The van der Waals surface area contributed by atoms with Crippen molar-refractivity contribution >= 4 is 17.9 Å². The quantitative estimate of drug-likeness (QED) is 0.0390. The number of rotatable bonds is 35. The first kappa shape index (κ1) is 44.2. The Morgan fingerprint density at radius 3 is 1.81 bits per heavy atom. The van der Waals surface area contributed by atoms with Crippen LogP contribution in [0.25, 0.3) is 0 Å². The minimum absolute atomic E-state index is 0.00931. The van der Waals surface area contributed by atoms with Crippen LogP contribution in [0.3, 0.4) is 0 Å². The van der Waals surface area contributed by atoms with Gasteiger partial charge in [-0.25, -0.2) is 4.98 Å². The molecule has 0 N–H and O–H groups in total. The summed E-state index contributed by atoms with van der Waals surface area (Å²) in [4.78, 5) is 43.4. The number of nitrogens with zero attached hydrogens (tertiary/aromatic N) is 3. The first-order chi connectivity index (χ1) is 25.4. The van der Waals surface area contributed by atoms with E-state index in [9.17, 15) is 14.4 Å². The Kier molecular flexibility index (Phi) is 23.3. The molecule has 0 atom stereocenters. The fourth-order valence-electron chi connectivity index (χ4n) is 8.46. The fraction of sp³-hybridized carbons (Fsp3) is 0.864. The Morgan fingerprint density at radius 1 is 0.692 bits per heavy atom. The lowest BCUT2D eigenvalue weighted by atomic mass is 9.43. The van der Waals surface area contributed by atoms with E-state index in [0.717, 1.165) is 109 Å². The van der Waals surface area contributed by atoms with Crippen molar-refractivity contribution in [3.05, 3.63) is 18.7 Å². The highest BCUT2D eigenvalue weighted by Gasteiger charge is 2.57. The van der Waals surface area contributed by atoms with Crippen molar-refractivity contribution in [1.82, 2.24) is 14.5 Å². The average molecular weight is 728 g/mol. The lowest BCUT2D eigenvalue weighted by Crippen LogP contribution is -2.52. The highest BCUT2D eigenvalue weighted by Crippen LogP contribution is 2.66. The minimum atomic E-state index is -0.346. The van der Waals surface area contributed by atoms with Gasteiger partial charge in [-0.3, -0.25) is 14.4 Å². The van der Waals surface area contributed by atoms with E-state index in [2.05, 4.69) is 28.3 Å². The number of hydrogen-bond donors (Lipinski definition) is 0. The van der Waals surface area contributed by atoms with Gasteiger partial charge in [-0.05, 0) is 94.7 Å². The number of imidazole rings is 1. The van der Waals surface area contributed by atoms with E-state index in [1.165, 1.54) is 83.5 Å².